The number of thiophene rings is 1. The maximum atomic E-state index is 12.7. The van der Waals surface area contributed by atoms with Crippen LogP contribution in [0.2, 0.25) is 0 Å². The van der Waals surface area contributed by atoms with Crippen molar-refractivity contribution in [3.05, 3.63) is 81.5 Å². The van der Waals surface area contributed by atoms with Crippen LogP contribution in [0.5, 0.6) is 0 Å². The Labute approximate surface area is 166 Å². The van der Waals surface area contributed by atoms with Gasteiger partial charge in [0.2, 0.25) is 0 Å². The number of H-pyrrole nitrogens is 1. The molecule has 0 radical (unpaired) electrons. The first-order chi connectivity index (χ1) is 13.1. The summed E-state index contributed by atoms with van der Waals surface area (Å²) >= 11 is 3.08. The van der Waals surface area contributed by atoms with Crippen molar-refractivity contribution in [2.75, 3.05) is 0 Å². The number of aromatic amines is 1. The van der Waals surface area contributed by atoms with Crippen LogP contribution in [0.15, 0.2) is 69.9 Å². The second kappa shape index (κ2) is 7.71. The molecule has 4 rings (SSSR count). The van der Waals surface area contributed by atoms with Gasteiger partial charge in [0.05, 0.1) is 5.39 Å². The van der Waals surface area contributed by atoms with Crippen molar-refractivity contribution in [3.8, 4) is 11.1 Å². The summed E-state index contributed by atoms with van der Waals surface area (Å²) in [7, 11) is 0. The number of hydrogen-bond acceptors (Lipinski definition) is 4. The highest BCUT2D eigenvalue weighted by atomic mass is 32.2. The monoisotopic (exact) mass is 392 g/mol. The molecule has 0 unspecified atom stereocenters. The highest BCUT2D eigenvalue weighted by molar-refractivity contribution is 7.98. The van der Waals surface area contributed by atoms with Crippen molar-refractivity contribution >= 4 is 33.3 Å². The summed E-state index contributed by atoms with van der Waals surface area (Å²) in [6.45, 7) is 4.39. The molecule has 0 saturated carbocycles. The molecule has 0 fully saturated rings. The lowest BCUT2D eigenvalue weighted by molar-refractivity contribution is 0.866. The molecule has 2 aromatic carbocycles. The molecule has 0 aliphatic rings. The van der Waals surface area contributed by atoms with Gasteiger partial charge in [-0.2, -0.15) is 0 Å². The van der Waals surface area contributed by atoms with Gasteiger partial charge in [-0.1, -0.05) is 80.2 Å². The number of aromatic nitrogens is 2. The van der Waals surface area contributed by atoms with E-state index in [0.29, 0.717) is 16.5 Å². The number of benzene rings is 2. The van der Waals surface area contributed by atoms with Gasteiger partial charge >= 0.3 is 0 Å². The van der Waals surface area contributed by atoms with Crippen molar-refractivity contribution in [2.45, 2.75) is 30.7 Å². The van der Waals surface area contributed by atoms with E-state index in [1.807, 2.05) is 35.7 Å². The Morgan fingerprint density at radius 3 is 2.52 bits per heavy atom. The van der Waals surface area contributed by atoms with Crippen LogP contribution < -0.4 is 5.56 Å². The minimum atomic E-state index is -0.0715. The van der Waals surface area contributed by atoms with E-state index in [4.69, 9.17) is 0 Å². The minimum Gasteiger partial charge on any atom is -0.301 e. The Hall–Kier alpha value is -2.37. The van der Waals surface area contributed by atoms with Crippen LogP contribution in [-0.4, -0.2) is 9.97 Å². The number of nitrogens with zero attached hydrogens (tertiary/aromatic N) is 1. The van der Waals surface area contributed by atoms with E-state index in [-0.39, 0.29) is 5.56 Å². The first kappa shape index (κ1) is 18.0. The zero-order valence-corrected chi connectivity index (χ0v) is 16.9. The molecule has 3 nitrogen and oxygen atoms in total. The topological polar surface area (TPSA) is 45.8 Å². The largest absolute Gasteiger partial charge is 0.301 e. The molecule has 0 atom stereocenters. The maximum absolute atomic E-state index is 12.7. The van der Waals surface area contributed by atoms with Crippen LogP contribution in [-0.2, 0) is 5.75 Å². The van der Waals surface area contributed by atoms with Gasteiger partial charge < -0.3 is 4.98 Å². The first-order valence-electron chi connectivity index (χ1n) is 8.90. The van der Waals surface area contributed by atoms with Crippen molar-refractivity contribution in [1.82, 2.24) is 9.97 Å². The predicted octanol–water partition coefficient (Wildman–Crippen LogP) is 6.07. The van der Waals surface area contributed by atoms with Crippen molar-refractivity contribution in [2.24, 2.45) is 0 Å². The predicted molar refractivity (Wildman–Crippen MR) is 116 cm³/mol. The Balaban J connectivity index is 1.58. The van der Waals surface area contributed by atoms with Crippen LogP contribution >= 0.6 is 23.1 Å². The first-order valence-corrected chi connectivity index (χ1v) is 10.8. The van der Waals surface area contributed by atoms with Crippen LogP contribution in [0.25, 0.3) is 21.3 Å². The average molecular weight is 393 g/mol. The van der Waals surface area contributed by atoms with Crippen LogP contribution in [0.4, 0.5) is 0 Å². The summed E-state index contributed by atoms with van der Waals surface area (Å²) in [6, 6.07) is 18.6. The normalized spacial score (nSPS) is 11.4. The molecule has 27 heavy (non-hydrogen) atoms. The quantitative estimate of drug-likeness (QED) is 0.331. The van der Waals surface area contributed by atoms with Gasteiger partial charge in [0.25, 0.3) is 5.56 Å². The molecule has 0 saturated heterocycles. The third-order valence-corrected chi connectivity index (χ3v) is 6.35. The molecular formula is C22H20N2OS2. The molecule has 0 amide bonds. The summed E-state index contributed by atoms with van der Waals surface area (Å²) in [5.41, 5.74) is 4.48. The molecule has 1 N–H and O–H groups in total. The van der Waals surface area contributed by atoms with E-state index in [1.54, 1.807) is 11.8 Å². The van der Waals surface area contributed by atoms with Gasteiger partial charge in [0.15, 0.2) is 5.16 Å². The molecule has 5 heteroatoms. The smallest absolute Gasteiger partial charge is 0.260 e. The summed E-state index contributed by atoms with van der Waals surface area (Å²) in [6.07, 6.45) is 0. The molecule has 2 aromatic heterocycles. The zero-order chi connectivity index (χ0) is 18.8. The molecule has 0 spiro atoms. The zero-order valence-electron chi connectivity index (χ0n) is 15.2. The van der Waals surface area contributed by atoms with Crippen LogP contribution in [0.3, 0.4) is 0 Å². The van der Waals surface area contributed by atoms with Gasteiger partial charge in [-0.15, -0.1) is 11.3 Å². The number of fused-ring (bicyclic) bond motifs is 1. The summed E-state index contributed by atoms with van der Waals surface area (Å²) in [5.74, 6) is 1.31. The van der Waals surface area contributed by atoms with Gasteiger partial charge in [0.1, 0.15) is 4.83 Å². The third-order valence-electron chi connectivity index (χ3n) is 4.53. The number of thioether (sulfide) groups is 1. The molecule has 0 aliphatic heterocycles. The summed E-state index contributed by atoms with van der Waals surface area (Å²) in [4.78, 5) is 21.1. The Morgan fingerprint density at radius 2 is 1.81 bits per heavy atom. The Kier molecular flexibility index (Phi) is 5.14. The molecule has 2 heterocycles. The van der Waals surface area contributed by atoms with Gasteiger partial charge in [0, 0.05) is 16.7 Å². The fourth-order valence-corrected chi connectivity index (χ4v) is 4.80. The Bertz CT molecular complexity index is 1110. The lowest BCUT2D eigenvalue weighted by Gasteiger charge is -2.07. The van der Waals surface area contributed by atoms with Crippen molar-refractivity contribution in [1.29, 1.82) is 0 Å². The van der Waals surface area contributed by atoms with E-state index in [0.717, 1.165) is 21.7 Å². The van der Waals surface area contributed by atoms with E-state index >= 15 is 0 Å². The van der Waals surface area contributed by atoms with Crippen LogP contribution in [0.1, 0.15) is 30.9 Å². The molecule has 0 bridgehead atoms. The lowest BCUT2D eigenvalue weighted by Crippen LogP contribution is -2.08. The molecule has 4 aromatic rings. The third kappa shape index (κ3) is 3.84. The van der Waals surface area contributed by atoms with Crippen molar-refractivity contribution in [3.63, 3.8) is 0 Å². The van der Waals surface area contributed by atoms with Gasteiger partial charge in [-0.25, -0.2) is 4.98 Å². The van der Waals surface area contributed by atoms with Crippen LogP contribution in [0, 0.1) is 0 Å². The van der Waals surface area contributed by atoms with Crippen molar-refractivity contribution < 1.29 is 0 Å². The summed E-state index contributed by atoms with van der Waals surface area (Å²) in [5, 5.41) is 3.36. The fourth-order valence-electron chi connectivity index (χ4n) is 2.98. The molecular weight excluding hydrogens is 372 g/mol. The van der Waals surface area contributed by atoms with E-state index in [2.05, 4.69) is 48.1 Å². The van der Waals surface area contributed by atoms with Gasteiger partial charge in [-0.3, -0.25) is 4.79 Å². The highest BCUT2D eigenvalue weighted by Crippen LogP contribution is 2.31. The molecule has 0 aliphatic carbocycles. The highest BCUT2D eigenvalue weighted by Gasteiger charge is 2.13. The maximum Gasteiger partial charge on any atom is 0.260 e. The number of nitrogens with one attached hydrogen (secondary N) is 1. The fraction of sp³-hybridized carbons (Fsp3) is 0.182. The number of hydrogen-bond donors (Lipinski definition) is 1. The minimum absolute atomic E-state index is 0.0715. The lowest BCUT2D eigenvalue weighted by atomic mass is 10.0. The molecule has 136 valence electrons. The second-order valence-electron chi connectivity index (χ2n) is 6.75. The van der Waals surface area contributed by atoms with Gasteiger partial charge in [-0.05, 0) is 22.6 Å². The second-order valence-corrected chi connectivity index (χ2v) is 8.57. The van der Waals surface area contributed by atoms with E-state index in [9.17, 15) is 4.79 Å². The van der Waals surface area contributed by atoms with E-state index in [1.165, 1.54) is 22.5 Å². The van der Waals surface area contributed by atoms with E-state index < -0.39 is 0 Å². The Morgan fingerprint density at radius 1 is 1.07 bits per heavy atom. The SMILES string of the molecule is CC(C)c1ccc(CSc2nc3scc(-c4ccccc4)c3c(=O)[nH]2)cc1. The summed E-state index contributed by atoms with van der Waals surface area (Å²) < 4.78 is 0. The standard InChI is InChI=1S/C22H20N2OS2/c1-14(2)16-10-8-15(9-11-16)12-27-22-23-20(25)19-18(13-26-21(19)24-22)17-6-4-3-5-7-17/h3-11,13-14H,12H2,1-2H3,(H,23,24,25). The number of rotatable bonds is 5. The average Bonchev–Trinajstić information content (AvgIpc) is 3.12.